The zero-order chi connectivity index (χ0) is 36.7. The highest BCUT2D eigenvalue weighted by Gasteiger charge is 2.51. The number of carbonyl (C=O) groups is 1. The maximum Gasteiger partial charge on any atom is 0.271 e. The van der Waals surface area contributed by atoms with Crippen LogP contribution in [0.3, 0.4) is 0 Å². The number of likely N-dealkylation sites (tertiary alicyclic amines) is 1. The first kappa shape index (κ1) is 35.6. The minimum atomic E-state index is -0.512. The molecule has 2 aliphatic heterocycles. The van der Waals surface area contributed by atoms with Crippen LogP contribution in [0.4, 0.5) is 0 Å². The van der Waals surface area contributed by atoms with E-state index in [0.717, 1.165) is 52.0 Å². The fraction of sp³-hybridized carbons (Fsp3) is 0.400. The van der Waals surface area contributed by atoms with Gasteiger partial charge in [0, 0.05) is 37.2 Å². The van der Waals surface area contributed by atoms with Crippen molar-refractivity contribution in [2.75, 3.05) is 13.1 Å². The molecule has 1 amide bonds. The molecule has 8 nitrogen and oxygen atoms in total. The summed E-state index contributed by atoms with van der Waals surface area (Å²) in [6.07, 6.45) is 4.61. The summed E-state index contributed by atoms with van der Waals surface area (Å²) >= 11 is 0. The first-order valence-electron chi connectivity index (χ1n) is 19.0. The van der Waals surface area contributed by atoms with Gasteiger partial charge in [-0.25, -0.2) is 4.98 Å². The predicted octanol–water partition coefficient (Wildman–Crippen LogP) is 8.41. The summed E-state index contributed by atoms with van der Waals surface area (Å²) in [6.45, 7) is 12.0. The Kier molecular flexibility index (Phi) is 9.66. The lowest BCUT2D eigenvalue weighted by Crippen LogP contribution is -2.46. The topological polar surface area (TPSA) is 96.8 Å². The van der Waals surface area contributed by atoms with Crippen molar-refractivity contribution in [2.45, 2.75) is 84.6 Å². The highest BCUT2D eigenvalue weighted by Crippen LogP contribution is 2.53. The molecule has 0 spiro atoms. The number of nitrogens with one attached hydrogen (secondary N) is 1. The lowest BCUT2D eigenvalue weighted by atomic mass is 9.65. The quantitative estimate of drug-likeness (QED) is 0.159. The van der Waals surface area contributed by atoms with Crippen LogP contribution >= 0.6 is 0 Å². The number of benzene rings is 4. The minimum Gasteiger partial charge on any atom is -0.392 e. The number of aliphatic hydroxyl groups is 1. The van der Waals surface area contributed by atoms with Crippen LogP contribution in [0.1, 0.15) is 92.1 Å². The Morgan fingerprint density at radius 2 is 1.62 bits per heavy atom. The molecule has 1 aromatic heterocycles. The number of fused-ring (bicyclic) bond motifs is 3. The molecule has 8 rings (SSSR count). The molecule has 6 atom stereocenters. The Labute approximate surface area is 312 Å². The summed E-state index contributed by atoms with van der Waals surface area (Å²) in [4.78, 5) is 24.5. The predicted molar refractivity (Wildman–Crippen MR) is 207 cm³/mol. The molecule has 5 aromatic rings. The van der Waals surface area contributed by atoms with Crippen molar-refractivity contribution < 1.29 is 19.4 Å². The van der Waals surface area contributed by atoms with E-state index in [2.05, 4.69) is 96.4 Å². The molecule has 2 unspecified atom stereocenters. The number of aromatic nitrogens is 2. The highest BCUT2D eigenvalue weighted by molar-refractivity contribution is 5.93. The minimum absolute atomic E-state index is 0.00510. The van der Waals surface area contributed by atoms with E-state index in [9.17, 15) is 9.90 Å². The van der Waals surface area contributed by atoms with Crippen molar-refractivity contribution in [1.29, 1.82) is 0 Å². The lowest BCUT2D eigenvalue weighted by Gasteiger charge is -2.43. The van der Waals surface area contributed by atoms with E-state index in [-0.39, 0.29) is 30.6 Å². The Hall–Kier alpha value is -4.47. The van der Waals surface area contributed by atoms with Crippen molar-refractivity contribution in [3.05, 3.63) is 131 Å². The Morgan fingerprint density at radius 1 is 0.868 bits per heavy atom. The molecule has 274 valence electrons. The lowest BCUT2D eigenvalue weighted by molar-refractivity contribution is -0.276. The number of aliphatic hydroxyl groups excluding tert-OH is 1. The number of amides is 1. The van der Waals surface area contributed by atoms with Crippen LogP contribution in [0.15, 0.2) is 103 Å². The standard InChI is InChI=1S/C45H50N4O4/c1-29-40(25-49-28-45(4)22-36(49)21-44(2,3)27-45)52-43(53-41(29)33-14-12-30(26-50)13-15-33)34-18-16-32(17-19-34)35-9-7-8-31(20-35)23-47-42(51)39-24-46-37-10-5-6-11-38(37)48-39/h5-20,24,29,36,40-41,43,50H,21-23,25-28H2,1-4H3,(H,47,51)/t29-,36?,40+,41+,43+,45?/m0/s1. The third-order valence-electron chi connectivity index (χ3n) is 11.6. The zero-order valence-electron chi connectivity index (χ0n) is 31.2. The average molecular weight is 711 g/mol. The molecule has 2 bridgehead atoms. The molecule has 1 saturated carbocycles. The molecule has 53 heavy (non-hydrogen) atoms. The second-order valence-electron chi connectivity index (χ2n) is 16.7. The molecular weight excluding hydrogens is 661 g/mol. The number of nitrogens with zero attached hydrogens (tertiary/aromatic N) is 3. The van der Waals surface area contributed by atoms with Gasteiger partial charge in [0.1, 0.15) is 5.69 Å². The van der Waals surface area contributed by atoms with Gasteiger partial charge in [-0.05, 0) is 76.1 Å². The van der Waals surface area contributed by atoms with Crippen LogP contribution in [-0.4, -0.2) is 51.1 Å². The first-order valence-corrected chi connectivity index (χ1v) is 19.0. The van der Waals surface area contributed by atoms with E-state index in [1.807, 2.05) is 48.5 Å². The van der Waals surface area contributed by atoms with Gasteiger partial charge in [-0.1, -0.05) is 107 Å². The summed E-state index contributed by atoms with van der Waals surface area (Å²) in [5.41, 5.74) is 8.56. The Morgan fingerprint density at radius 3 is 2.40 bits per heavy atom. The van der Waals surface area contributed by atoms with E-state index in [4.69, 9.17) is 9.47 Å². The zero-order valence-corrected chi connectivity index (χ0v) is 31.2. The van der Waals surface area contributed by atoms with Gasteiger partial charge in [-0.2, -0.15) is 0 Å². The molecule has 4 aromatic carbocycles. The van der Waals surface area contributed by atoms with Crippen molar-refractivity contribution in [2.24, 2.45) is 16.7 Å². The Balaban J connectivity index is 0.983. The van der Waals surface area contributed by atoms with Crippen molar-refractivity contribution >= 4 is 16.9 Å². The molecule has 3 fully saturated rings. The van der Waals surface area contributed by atoms with Crippen molar-refractivity contribution in [3.8, 4) is 11.1 Å². The Bertz CT molecular complexity index is 2080. The number of ether oxygens (including phenoxy) is 2. The van der Waals surface area contributed by atoms with E-state index >= 15 is 0 Å². The van der Waals surface area contributed by atoms with E-state index in [1.165, 1.54) is 25.5 Å². The normalized spacial score (nSPS) is 26.8. The third kappa shape index (κ3) is 7.64. The van der Waals surface area contributed by atoms with Gasteiger partial charge in [0.2, 0.25) is 0 Å². The molecule has 2 N–H and O–H groups in total. The number of hydrogen-bond acceptors (Lipinski definition) is 7. The van der Waals surface area contributed by atoms with Gasteiger partial charge in [-0.3, -0.25) is 14.7 Å². The summed E-state index contributed by atoms with van der Waals surface area (Å²) in [5, 5.41) is 12.7. The number of carbonyl (C=O) groups excluding carboxylic acids is 1. The van der Waals surface area contributed by atoms with Crippen molar-refractivity contribution in [1.82, 2.24) is 20.2 Å². The highest BCUT2D eigenvalue weighted by atomic mass is 16.7. The number of rotatable bonds is 9. The maximum atomic E-state index is 12.9. The second-order valence-corrected chi connectivity index (χ2v) is 16.7. The van der Waals surface area contributed by atoms with Gasteiger partial charge in [0.15, 0.2) is 6.29 Å². The fourth-order valence-corrected chi connectivity index (χ4v) is 9.38. The molecule has 8 heteroatoms. The van der Waals surface area contributed by atoms with Crippen LogP contribution in [0.5, 0.6) is 0 Å². The largest absolute Gasteiger partial charge is 0.392 e. The molecule has 2 saturated heterocycles. The molecule has 3 heterocycles. The van der Waals surface area contributed by atoms with Gasteiger partial charge in [0.05, 0.1) is 36.0 Å². The van der Waals surface area contributed by atoms with E-state index < -0.39 is 6.29 Å². The van der Waals surface area contributed by atoms with Crippen LogP contribution in [-0.2, 0) is 22.6 Å². The van der Waals surface area contributed by atoms with Crippen LogP contribution in [0, 0.1) is 16.7 Å². The monoisotopic (exact) mass is 710 g/mol. The number of para-hydroxylation sites is 2. The fourth-order valence-electron chi connectivity index (χ4n) is 9.38. The summed E-state index contributed by atoms with van der Waals surface area (Å²) < 4.78 is 13.7. The molecule has 0 radical (unpaired) electrons. The van der Waals surface area contributed by atoms with Crippen LogP contribution < -0.4 is 5.32 Å². The molecular formula is C45H50N4O4. The summed E-state index contributed by atoms with van der Waals surface area (Å²) in [6, 6.07) is 32.9. The van der Waals surface area contributed by atoms with Gasteiger partial charge >= 0.3 is 0 Å². The van der Waals surface area contributed by atoms with Crippen LogP contribution in [0.2, 0.25) is 0 Å². The molecule has 3 aliphatic rings. The second kappa shape index (κ2) is 14.4. The molecule has 1 aliphatic carbocycles. The SMILES string of the molecule is C[C@H]1[C@@H](CN2CC3(C)CC2CC(C)(C)C3)O[C@@H](c2ccc(-c3cccc(CNC(=O)c4cnc5ccccc5n4)c3)cc2)O[C@H]1c1ccc(CO)cc1. The van der Waals surface area contributed by atoms with Crippen molar-refractivity contribution in [3.63, 3.8) is 0 Å². The number of hydrogen-bond donors (Lipinski definition) is 2. The van der Waals surface area contributed by atoms with E-state index in [1.54, 1.807) is 0 Å². The smallest absolute Gasteiger partial charge is 0.271 e. The summed E-state index contributed by atoms with van der Waals surface area (Å²) in [7, 11) is 0. The third-order valence-corrected chi connectivity index (χ3v) is 11.6. The average Bonchev–Trinajstić information content (AvgIpc) is 3.41. The van der Waals surface area contributed by atoms with Crippen LogP contribution in [0.25, 0.3) is 22.2 Å². The summed E-state index contributed by atoms with van der Waals surface area (Å²) in [5.74, 6) is -0.116. The first-order chi connectivity index (χ1) is 25.5. The maximum absolute atomic E-state index is 12.9. The van der Waals surface area contributed by atoms with E-state index in [0.29, 0.717) is 34.6 Å². The van der Waals surface area contributed by atoms with Gasteiger partial charge in [0.25, 0.3) is 5.91 Å². The van der Waals surface area contributed by atoms with Gasteiger partial charge < -0.3 is 19.9 Å². The van der Waals surface area contributed by atoms with Gasteiger partial charge in [-0.15, -0.1) is 0 Å².